The SMILES string of the molecule is COCCOCCOCCOc1c(CN)cccc1OC. The van der Waals surface area contributed by atoms with Crippen molar-refractivity contribution in [2.45, 2.75) is 6.54 Å². The molecule has 120 valence electrons. The van der Waals surface area contributed by atoms with E-state index >= 15 is 0 Å². The van der Waals surface area contributed by atoms with Gasteiger partial charge in [0, 0.05) is 19.2 Å². The molecule has 0 bridgehead atoms. The van der Waals surface area contributed by atoms with Gasteiger partial charge in [-0.3, -0.25) is 0 Å². The molecule has 0 aliphatic rings. The summed E-state index contributed by atoms with van der Waals surface area (Å²) in [5.41, 5.74) is 6.60. The second-order valence-electron chi connectivity index (χ2n) is 4.22. The van der Waals surface area contributed by atoms with Crippen molar-refractivity contribution in [3.05, 3.63) is 23.8 Å². The molecule has 0 aliphatic heterocycles. The fourth-order valence-corrected chi connectivity index (χ4v) is 1.71. The normalized spacial score (nSPS) is 10.6. The highest BCUT2D eigenvalue weighted by Crippen LogP contribution is 2.30. The van der Waals surface area contributed by atoms with Crippen LogP contribution in [0.5, 0.6) is 11.5 Å². The Hall–Kier alpha value is -1.34. The summed E-state index contributed by atoms with van der Waals surface area (Å²) in [6.07, 6.45) is 0. The number of methoxy groups -OCH3 is 2. The fourth-order valence-electron chi connectivity index (χ4n) is 1.71. The molecule has 6 heteroatoms. The van der Waals surface area contributed by atoms with Crippen molar-refractivity contribution >= 4 is 0 Å². The molecule has 0 amide bonds. The summed E-state index contributed by atoms with van der Waals surface area (Å²) >= 11 is 0. The smallest absolute Gasteiger partial charge is 0.165 e. The molecule has 1 aromatic carbocycles. The molecule has 0 atom stereocenters. The summed E-state index contributed by atoms with van der Waals surface area (Å²) in [6, 6.07) is 5.66. The van der Waals surface area contributed by atoms with E-state index in [0.717, 1.165) is 5.56 Å². The first kappa shape index (κ1) is 17.7. The average molecular weight is 299 g/mol. The zero-order chi connectivity index (χ0) is 15.3. The molecule has 1 aromatic rings. The first-order chi connectivity index (χ1) is 10.3. The Kier molecular flexibility index (Phi) is 9.56. The summed E-state index contributed by atoms with van der Waals surface area (Å²) in [7, 11) is 3.25. The number of rotatable bonds is 12. The van der Waals surface area contributed by atoms with Crippen LogP contribution in [0.15, 0.2) is 18.2 Å². The van der Waals surface area contributed by atoms with Crippen LogP contribution in [-0.4, -0.2) is 53.9 Å². The van der Waals surface area contributed by atoms with Gasteiger partial charge in [-0.2, -0.15) is 0 Å². The number of para-hydroxylation sites is 1. The Bertz CT molecular complexity index is 364. The number of hydrogen-bond donors (Lipinski definition) is 1. The van der Waals surface area contributed by atoms with Crippen LogP contribution >= 0.6 is 0 Å². The lowest BCUT2D eigenvalue weighted by Gasteiger charge is -2.14. The lowest BCUT2D eigenvalue weighted by Crippen LogP contribution is -2.13. The topological polar surface area (TPSA) is 72.2 Å². The van der Waals surface area contributed by atoms with Gasteiger partial charge in [0.15, 0.2) is 11.5 Å². The van der Waals surface area contributed by atoms with Crippen molar-refractivity contribution in [1.29, 1.82) is 0 Å². The van der Waals surface area contributed by atoms with E-state index in [1.807, 2.05) is 18.2 Å². The van der Waals surface area contributed by atoms with E-state index in [-0.39, 0.29) is 0 Å². The Morgan fingerprint density at radius 3 is 2.19 bits per heavy atom. The maximum absolute atomic E-state index is 5.70. The second kappa shape index (κ2) is 11.3. The van der Waals surface area contributed by atoms with Crippen LogP contribution in [0.2, 0.25) is 0 Å². The van der Waals surface area contributed by atoms with Gasteiger partial charge < -0.3 is 29.4 Å². The predicted molar refractivity (Wildman–Crippen MR) is 79.9 cm³/mol. The van der Waals surface area contributed by atoms with Gasteiger partial charge in [0.1, 0.15) is 6.61 Å². The molecule has 0 saturated heterocycles. The highest BCUT2D eigenvalue weighted by Gasteiger charge is 2.08. The number of ether oxygens (including phenoxy) is 5. The second-order valence-corrected chi connectivity index (χ2v) is 4.22. The van der Waals surface area contributed by atoms with E-state index in [2.05, 4.69) is 0 Å². The van der Waals surface area contributed by atoms with Crippen LogP contribution in [0.1, 0.15) is 5.56 Å². The molecule has 0 spiro atoms. The zero-order valence-electron chi connectivity index (χ0n) is 12.8. The third kappa shape index (κ3) is 6.77. The molecule has 0 radical (unpaired) electrons. The molecule has 0 saturated carbocycles. The van der Waals surface area contributed by atoms with E-state index in [1.165, 1.54) is 0 Å². The van der Waals surface area contributed by atoms with Gasteiger partial charge in [0.25, 0.3) is 0 Å². The lowest BCUT2D eigenvalue weighted by molar-refractivity contribution is 0.0177. The predicted octanol–water partition coefficient (Wildman–Crippen LogP) is 1.21. The van der Waals surface area contributed by atoms with Gasteiger partial charge in [-0.15, -0.1) is 0 Å². The van der Waals surface area contributed by atoms with Gasteiger partial charge in [0.05, 0.1) is 40.1 Å². The third-order valence-electron chi connectivity index (χ3n) is 2.78. The Balaban J connectivity index is 2.20. The Morgan fingerprint density at radius 1 is 0.905 bits per heavy atom. The van der Waals surface area contributed by atoms with E-state index in [9.17, 15) is 0 Å². The molecule has 21 heavy (non-hydrogen) atoms. The minimum absolute atomic E-state index is 0.404. The van der Waals surface area contributed by atoms with E-state index in [1.54, 1.807) is 14.2 Å². The summed E-state index contributed by atoms with van der Waals surface area (Å²) in [5.74, 6) is 1.36. The third-order valence-corrected chi connectivity index (χ3v) is 2.78. The molecule has 0 heterocycles. The minimum Gasteiger partial charge on any atom is -0.493 e. The van der Waals surface area contributed by atoms with Gasteiger partial charge >= 0.3 is 0 Å². The van der Waals surface area contributed by atoms with Crippen LogP contribution in [-0.2, 0) is 20.8 Å². The summed E-state index contributed by atoms with van der Waals surface area (Å²) < 4.78 is 26.5. The van der Waals surface area contributed by atoms with E-state index in [0.29, 0.717) is 57.7 Å². The van der Waals surface area contributed by atoms with Crippen LogP contribution in [0.25, 0.3) is 0 Å². The molecular formula is C15H25NO5. The van der Waals surface area contributed by atoms with Gasteiger partial charge in [-0.1, -0.05) is 12.1 Å². The zero-order valence-corrected chi connectivity index (χ0v) is 12.8. The van der Waals surface area contributed by atoms with Gasteiger partial charge in [0.2, 0.25) is 0 Å². The highest BCUT2D eigenvalue weighted by atomic mass is 16.6. The van der Waals surface area contributed by atoms with E-state index < -0.39 is 0 Å². The molecular weight excluding hydrogens is 274 g/mol. The van der Waals surface area contributed by atoms with Crippen molar-refractivity contribution in [3.8, 4) is 11.5 Å². The van der Waals surface area contributed by atoms with Gasteiger partial charge in [-0.05, 0) is 6.07 Å². The Morgan fingerprint density at radius 2 is 1.57 bits per heavy atom. The maximum atomic E-state index is 5.70. The first-order valence-corrected chi connectivity index (χ1v) is 6.96. The van der Waals surface area contributed by atoms with Crippen molar-refractivity contribution < 1.29 is 23.7 Å². The maximum Gasteiger partial charge on any atom is 0.165 e. The Labute approximate surface area is 126 Å². The standard InChI is InChI=1S/C15H25NO5/c1-17-6-7-19-8-9-20-10-11-21-15-13(12-16)4-3-5-14(15)18-2/h3-5H,6-12,16H2,1-2H3. The van der Waals surface area contributed by atoms with Crippen molar-refractivity contribution in [3.63, 3.8) is 0 Å². The fraction of sp³-hybridized carbons (Fsp3) is 0.600. The van der Waals surface area contributed by atoms with Crippen LogP contribution in [0.4, 0.5) is 0 Å². The monoisotopic (exact) mass is 299 g/mol. The molecule has 6 nitrogen and oxygen atoms in total. The highest BCUT2D eigenvalue weighted by molar-refractivity contribution is 5.46. The summed E-state index contributed by atoms with van der Waals surface area (Å²) in [6.45, 7) is 3.58. The van der Waals surface area contributed by atoms with Crippen LogP contribution in [0, 0.1) is 0 Å². The molecule has 2 N–H and O–H groups in total. The quantitative estimate of drug-likeness (QED) is 0.585. The van der Waals surface area contributed by atoms with Gasteiger partial charge in [-0.25, -0.2) is 0 Å². The van der Waals surface area contributed by atoms with Crippen molar-refractivity contribution in [2.75, 3.05) is 53.9 Å². The van der Waals surface area contributed by atoms with Crippen molar-refractivity contribution in [1.82, 2.24) is 0 Å². The number of nitrogens with two attached hydrogens (primary N) is 1. The molecule has 1 rings (SSSR count). The van der Waals surface area contributed by atoms with Crippen LogP contribution in [0.3, 0.4) is 0 Å². The van der Waals surface area contributed by atoms with Crippen LogP contribution < -0.4 is 15.2 Å². The number of benzene rings is 1. The molecule has 0 unspecified atom stereocenters. The summed E-state index contributed by atoms with van der Waals surface area (Å²) in [5, 5.41) is 0. The summed E-state index contributed by atoms with van der Waals surface area (Å²) in [4.78, 5) is 0. The largest absolute Gasteiger partial charge is 0.493 e. The number of hydrogen-bond acceptors (Lipinski definition) is 6. The molecule has 0 aromatic heterocycles. The van der Waals surface area contributed by atoms with E-state index in [4.69, 9.17) is 29.4 Å². The molecule has 0 aliphatic carbocycles. The lowest BCUT2D eigenvalue weighted by atomic mass is 10.2. The first-order valence-electron chi connectivity index (χ1n) is 6.96. The minimum atomic E-state index is 0.404. The van der Waals surface area contributed by atoms with Crippen molar-refractivity contribution in [2.24, 2.45) is 5.73 Å². The average Bonchev–Trinajstić information content (AvgIpc) is 2.53. The molecule has 0 fully saturated rings.